The molecule has 1 aliphatic heterocycles. The van der Waals surface area contributed by atoms with Gasteiger partial charge in [0, 0.05) is 43.9 Å². The quantitative estimate of drug-likeness (QED) is 0.872. The maximum absolute atomic E-state index is 12.2. The van der Waals surface area contributed by atoms with Crippen molar-refractivity contribution in [2.45, 2.75) is 6.42 Å². The van der Waals surface area contributed by atoms with E-state index in [1.165, 1.54) is 0 Å². The first-order chi connectivity index (χ1) is 11.7. The highest BCUT2D eigenvalue weighted by Crippen LogP contribution is 2.12. The van der Waals surface area contributed by atoms with Gasteiger partial charge in [-0.1, -0.05) is 23.7 Å². The Balaban J connectivity index is 1.51. The number of hydrogen-bond acceptors (Lipinski definition) is 4. The Hall–Kier alpha value is -2.11. The lowest BCUT2D eigenvalue weighted by Gasteiger charge is -2.28. The Labute approximate surface area is 147 Å². The minimum Gasteiger partial charge on any atom is -0.354 e. The second-order valence-electron chi connectivity index (χ2n) is 5.78. The van der Waals surface area contributed by atoms with Crippen LogP contribution in [0.1, 0.15) is 15.9 Å². The van der Waals surface area contributed by atoms with Crippen molar-refractivity contribution in [3.05, 3.63) is 58.7 Å². The molecule has 126 valence electrons. The normalized spacial score (nSPS) is 14.5. The molecule has 1 saturated heterocycles. The summed E-state index contributed by atoms with van der Waals surface area (Å²) in [4.78, 5) is 18.8. The zero-order valence-corrected chi connectivity index (χ0v) is 14.2. The predicted octanol–water partition coefficient (Wildman–Crippen LogP) is 2.12. The van der Waals surface area contributed by atoms with Gasteiger partial charge in [-0.05, 0) is 36.2 Å². The van der Waals surface area contributed by atoms with E-state index in [2.05, 4.69) is 20.5 Å². The molecule has 24 heavy (non-hydrogen) atoms. The molecule has 5 nitrogen and oxygen atoms in total. The number of halogens is 1. The Morgan fingerprint density at radius 3 is 2.79 bits per heavy atom. The lowest BCUT2D eigenvalue weighted by atomic mass is 10.1. The van der Waals surface area contributed by atoms with E-state index in [4.69, 9.17) is 11.6 Å². The van der Waals surface area contributed by atoms with Gasteiger partial charge in [0.25, 0.3) is 5.91 Å². The molecular formula is C18H21ClN4O. The van der Waals surface area contributed by atoms with E-state index in [-0.39, 0.29) is 5.91 Å². The smallest absolute Gasteiger partial charge is 0.252 e. The average Bonchev–Trinajstić information content (AvgIpc) is 2.63. The number of pyridine rings is 1. The highest BCUT2D eigenvalue weighted by molar-refractivity contribution is 6.30. The lowest BCUT2D eigenvalue weighted by molar-refractivity contribution is 0.0954. The third-order valence-electron chi connectivity index (χ3n) is 4.04. The maximum atomic E-state index is 12.2. The van der Waals surface area contributed by atoms with Crippen molar-refractivity contribution in [2.75, 3.05) is 37.6 Å². The standard InChI is InChI=1S/C18H21ClN4O/c19-16-3-1-2-14(12-16)6-7-21-18(24)15-4-5-17(22-13-15)23-10-8-20-9-11-23/h1-5,12-13,20H,6-11H2,(H,21,24). The fourth-order valence-electron chi connectivity index (χ4n) is 2.72. The number of nitrogens with zero attached hydrogens (tertiary/aromatic N) is 2. The van der Waals surface area contributed by atoms with Crippen molar-refractivity contribution in [1.82, 2.24) is 15.6 Å². The van der Waals surface area contributed by atoms with Crippen LogP contribution in [-0.2, 0) is 6.42 Å². The molecule has 1 amide bonds. The molecule has 0 radical (unpaired) electrons. The molecule has 2 N–H and O–H groups in total. The van der Waals surface area contributed by atoms with Gasteiger partial charge in [-0.2, -0.15) is 0 Å². The number of hydrogen-bond donors (Lipinski definition) is 2. The number of benzene rings is 1. The minimum absolute atomic E-state index is 0.101. The Bertz CT molecular complexity index is 684. The number of amides is 1. The minimum atomic E-state index is -0.101. The Kier molecular flexibility index (Phi) is 5.67. The van der Waals surface area contributed by atoms with Gasteiger partial charge < -0.3 is 15.5 Å². The Morgan fingerprint density at radius 1 is 1.25 bits per heavy atom. The van der Waals surface area contributed by atoms with Crippen LogP contribution in [0.4, 0.5) is 5.82 Å². The summed E-state index contributed by atoms with van der Waals surface area (Å²) < 4.78 is 0. The number of rotatable bonds is 5. The summed E-state index contributed by atoms with van der Waals surface area (Å²) in [6.07, 6.45) is 2.39. The van der Waals surface area contributed by atoms with Crippen LogP contribution in [0.15, 0.2) is 42.6 Å². The monoisotopic (exact) mass is 344 g/mol. The molecule has 1 aromatic heterocycles. The molecule has 0 spiro atoms. The van der Waals surface area contributed by atoms with Crippen molar-refractivity contribution in [3.63, 3.8) is 0 Å². The summed E-state index contributed by atoms with van der Waals surface area (Å²) >= 11 is 5.96. The van der Waals surface area contributed by atoms with Crippen LogP contribution in [0, 0.1) is 0 Å². The van der Waals surface area contributed by atoms with Crippen molar-refractivity contribution in [3.8, 4) is 0 Å². The largest absolute Gasteiger partial charge is 0.354 e. The van der Waals surface area contributed by atoms with Gasteiger partial charge >= 0.3 is 0 Å². The van der Waals surface area contributed by atoms with Gasteiger partial charge in [-0.25, -0.2) is 4.98 Å². The Morgan fingerprint density at radius 2 is 2.08 bits per heavy atom. The molecule has 1 fully saturated rings. The summed E-state index contributed by atoms with van der Waals surface area (Å²) in [5, 5.41) is 6.95. The SMILES string of the molecule is O=C(NCCc1cccc(Cl)c1)c1ccc(N2CCNCC2)nc1. The number of nitrogens with one attached hydrogen (secondary N) is 2. The molecule has 3 rings (SSSR count). The first-order valence-electron chi connectivity index (χ1n) is 8.17. The fraction of sp³-hybridized carbons (Fsp3) is 0.333. The second kappa shape index (κ2) is 8.13. The molecule has 2 heterocycles. The summed E-state index contributed by atoms with van der Waals surface area (Å²) in [6.45, 7) is 4.38. The number of carbonyl (C=O) groups is 1. The third kappa shape index (κ3) is 4.46. The number of anilines is 1. The van der Waals surface area contributed by atoms with E-state index < -0.39 is 0 Å². The van der Waals surface area contributed by atoms with Crippen LogP contribution in [0.2, 0.25) is 5.02 Å². The van der Waals surface area contributed by atoms with Crippen LogP contribution in [0.25, 0.3) is 0 Å². The van der Waals surface area contributed by atoms with Crippen molar-refractivity contribution < 1.29 is 4.79 Å². The van der Waals surface area contributed by atoms with Crippen LogP contribution in [0.5, 0.6) is 0 Å². The van der Waals surface area contributed by atoms with Crippen LogP contribution in [-0.4, -0.2) is 43.6 Å². The van der Waals surface area contributed by atoms with Gasteiger partial charge in [0.2, 0.25) is 0 Å². The molecule has 0 bridgehead atoms. The predicted molar refractivity (Wildman–Crippen MR) is 96.8 cm³/mol. The first kappa shape index (κ1) is 16.7. The van der Waals surface area contributed by atoms with E-state index in [1.807, 2.05) is 36.4 Å². The molecule has 0 saturated carbocycles. The second-order valence-corrected chi connectivity index (χ2v) is 6.21. The van der Waals surface area contributed by atoms with E-state index in [0.717, 1.165) is 44.0 Å². The van der Waals surface area contributed by atoms with Crippen LogP contribution in [0.3, 0.4) is 0 Å². The summed E-state index contributed by atoms with van der Waals surface area (Å²) in [5.74, 6) is 0.823. The number of aromatic nitrogens is 1. The third-order valence-corrected chi connectivity index (χ3v) is 4.27. The maximum Gasteiger partial charge on any atom is 0.252 e. The fourth-order valence-corrected chi connectivity index (χ4v) is 2.93. The van der Waals surface area contributed by atoms with Crippen LogP contribution < -0.4 is 15.5 Å². The topological polar surface area (TPSA) is 57.3 Å². The van der Waals surface area contributed by atoms with E-state index in [0.29, 0.717) is 17.1 Å². The van der Waals surface area contributed by atoms with Crippen molar-refractivity contribution >= 4 is 23.3 Å². The number of piperazine rings is 1. The van der Waals surface area contributed by atoms with Gasteiger partial charge in [-0.3, -0.25) is 4.79 Å². The van der Waals surface area contributed by atoms with E-state index in [9.17, 15) is 4.79 Å². The van der Waals surface area contributed by atoms with Gasteiger partial charge in [-0.15, -0.1) is 0 Å². The zero-order valence-electron chi connectivity index (χ0n) is 13.5. The average molecular weight is 345 g/mol. The summed E-state index contributed by atoms with van der Waals surface area (Å²) in [7, 11) is 0. The summed E-state index contributed by atoms with van der Waals surface area (Å²) in [6, 6.07) is 11.4. The zero-order chi connectivity index (χ0) is 16.8. The molecule has 0 atom stereocenters. The molecule has 2 aromatic rings. The van der Waals surface area contributed by atoms with Gasteiger partial charge in [0.05, 0.1) is 5.56 Å². The van der Waals surface area contributed by atoms with Crippen LogP contribution >= 0.6 is 11.6 Å². The van der Waals surface area contributed by atoms with Crippen molar-refractivity contribution in [2.24, 2.45) is 0 Å². The van der Waals surface area contributed by atoms with E-state index >= 15 is 0 Å². The molecule has 1 aliphatic rings. The highest BCUT2D eigenvalue weighted by atomic mass is 35.5. The van der Waals surface area contributed by atoms with Crippen molar-refractivity contribution in [1.29, 1.82) is 0 Å². The molecule has 0 unspecified atom stereocenters. The molecule has 1 aromatic carbocycles. The highest BCUT2D eigenvalue weighted by Gasteiger charge is 2.12. The van der Waals surface area contributed by atoms with Gasteiger partial charge in [0.1, 0.15) is 5.82 Å². The lowest BCUT2D eigenvalue weighted by Crippen LogP contribution is -2.43. The number of carbonyl (C=O) groups excluding carboxylic acids is 1. The summed E-state index contributed by atoms with van der Waals surface area (Å²) in [5.41, 5.74) is 1.69. The van der Waals surface area contributed by atoms with E-state index in [1.54, 1.807) is 6.20 Å². The molecule has 6 heteroatoms. The first-order valence-corrected chi connectivity index (χ1v) is 8.54. The molecule has 0 aliphatic carbocycles. The van der Waals surface area contributed by atoms with Gasteiger partial charge in [0.15, 0.2) is 0 Å². The molecular weight excluding hydrogens is 324 g/mol.